The number of nitrogens with one attached hydrogen (secondary N) is 1. The predicted octanol–water partition coefficient (Wildman–Crippen LogP) is 3.76. The van der Waals surface area contributed by atoms with Crippen LogP contribution in [0.1, 0.15) is 11.1 Å². The lowest BCUT2D eigenvalue weighted by Gasteiger charge is -2.06. The average Bonchev–Trinajstić information content (AvgIpc) is 2.28. The molecule has 1 aromatic carbocycles. The molecule has 0 radical (unpaired) electrons. The number of aromatic nitrogens is 1. The molecule has 2 rings (SSSR count). The molecule has 82 valence electrons. The lowest BCUT2D eigenvalue weighted by Crippen LogP contribution is -2.00. The summed E-state index contributed by atoms with van der Waals surface area (Å²) in [6.07, 6.45) is 1.86. The Morgan fingerprint density at radius 2 is 2.12 bits per heavy atom. The zero-order valence-electron chi connectivity index (χ0n) is 9.07. The van der Waals surface area contributed by atoms with Crippen LogP contribution in [-0.2, 0) is 6.54 Å². The van der Waals surface area contributed by atoms with Gasteiger partial charge in [-0.3, -0.25) is 0 Å². The van der Waals surface area contributed by atoms with Crippen molar-refractivity contribution in [3.63, 3.8) is 0 Å². The Morgan fingerprint density at radius 3 is 2.81 bits per heavy atom. The van der Waals surface area contributed by atoms with Gasteiger partial charge in [0.2, 0.25) is 0 Å². The maximum atomic E-state index is 4.29. The number of pyridine rings is 1. The van der Waals surface area contributed by atoms with Gasteiger partial charge < -0.3 is 5.32 Å². The van der Waals surface area contributed by atoms with Crippen LogP contribution >= 0.6 is 15.9 Å². The minimum atomic E-state index is 0.787. The summed E-state index contributed by atoms with van der Waals surface area (Å²) in [5.74, 6) is 0.908. The summed E-state index contributed by atoms with van der Waals surface area (Å²) in [7, 11) is 0. The Kier molecular flexibility index (Phi) is 3.57. The number of nitrogens with zero attached hydrogens (tertiary/aromatic N) is 1. The molecule has 0 amide bonds. The van der Waals surface area contributed by atoms with Gasteiger partial charge in [-0.1, -0.05) is 34.1 Å². The van der Waals surface area contributed by atoms with E-state index in [0.29, 0.717) is 0 Å². The zero-order valence-corrected chi connectivity index (χ0v) is 10.7. The third kappa shape index (κ3) is 3.07. The molecule has 0 aliphatic carbocycles. The van der Waals surface area contributed by atoms with Crippen molar-refractivity contribution in [2.75, 3.05) is 5.32 Å². The fourth-order valence-corrected chi connectivity index (χ4v) is 1.86. The highest BCUT2D eigenvalue weighted by molar-refractivity contribution is 9.10. The Morgan fingerprint density at radius 1 is 1.25 bits per heavy atom. The summed E-state index contributed by atoms with van der Waals surface area (Å²) in [6, 6.07) is 12.3. The molecule has 1 heterocycles. The molecule has 0 atom stereocenters. The second-order valence-corrected chi connectivity index (χ2v) is 4.62. The van der Waals surface area contributed by atoms with Crippen molar-refractivity contribution in [3.8, 4) is 0 Å². The molecule has 0 spiro atoms. The normalized spacial score (nSPS) is 10.1. The number of rotatable bonds is 3. The number of hydrogen-bond acceptors (Lipinski definition) is 2. The van der Waals surface area contributed by atoms with Crippen LogP contribution in [0.5, 0.6) is 0 Å². The van der Waals surface area contributed by atoms with Gasteiger partial charge in [0.1, 0.15) is 5.82 Å². The quantitative estimate of drug-likeness (QED) is 0.923. The van der Waals surface area contributed by atoms with Crippen molar-refractivity contribution in [1.82, 2.24) is 4.98 Å². The van der Waals surface area contributed by atoms with E-state index in [4.69, 9.17) is 0 Å². The number of anilines is 1. The van der Waals surface area contributed by atoms with E-state index in [1.165, 1.54) is 11.1 Å². The first-order valence-corrected chi connectivity index (χ1v) is 5.94. The molecule has 16 heavy (non-hydrogen) atoms. The maximum Gasteiger partial charge on any atom is 0.126 e. The molecule has 0 unspecified atom stereocenters. The third-order valence-electron chi connectivity index (χ3n) is 2.27. The van der Waals surface area contributed by atoms with Gasteiger partial charge in [-0.2, -0.15) is 0 Å². The summed E-state index contributed by atoms with van der Waals surface area (Å²) < 4.78 is 1.10. The van der Waals surface area contributed by atoms with Crippen LogP contribution in [0.15, 0.2) is 47.1 Å². The van der Waals surface area contributed by atoms with Crippen LogP contribution in [0.2, 0.25) is 0 Å². The molecule has 1 aromatic heterocycles. The van der Waals surface area contributed by atoms with Gasteiger partial charge in [0.05, 0.1) is 0 Å². The number of halogens is 1. The average molecular weight is 277 g/mol. The molecule has 3 heteroatoms. The summed E-state index contributed by atoms with van der Waals surface area (Å²) in [5, 5.41) is 3.28. The molecular weight excluding hydrogens is 264 g/mol. The van der Waals surface area contributed by atoms with Crippen molar-refractivity contribution in [1.29, 1.82) is 0 Å². The summed E-state index contributed by atoms with van der Waals surface area (Å²) in [6.45, 7) is 2.82. The lowest BCUT2D eigenvalue weighted by molar-refractivity contribution is 1.10. The second kappa shape index (κ2) is 5.12. The first kappa shape index (κ1) is 11.1. The molecule has 0 bridgehead atoms. The Labute approximate surface area is 104 Å². The van der Waals surface area contributed by atoms with Crippen molar-refractivity contribution in [2.45, 2.75) is 13.5 Å². The van der Waals surface area contributed by atoms with Gasteiger partial charge in [0.25, 0.3) is 0 Å². The predicted molar refractivity (Wildman–Crippen MR) is 70.4 cm³/mol. The van der Waals surface area contributed by atoms with Gasteiger partial charge >= 0.3 is 0 Å². The van der Waals surface area contributed by atoms with Crippen molar-refractivity contribution >= 4 is 21.7 Å². The minimum Gasteiger partial charge on any atom is -0.366 e. The Bertz CT molecular complexity index is 466. The summed E-state index contributed by atoms with van der Waals surface area (Å²) >= 11 is 3.45. The summed E-state index contributed by atoms with van der Waals surface area (Å²) in [4.78, 5) is 4.29. The highest BCUT2D eigenvalue weighted by atomic mass is 79.9. The highest BCUT2D eigenvalue weighted by Gasteiger charge is 1.95. The fourth-order valence-electron chi connectivity index (χ4n) is 1.41. The van der Waals surface area contributed by atoms with Crippen molar-refractivity contribution in [3.05, 3.63) is 58.2 Å². The minimum absolute atomic E-state index is 0.787. The standard InChI is InChI=1S/C13H13BrN2/c1-10-5-6-13(15-8-10)16-9-11-3-2-4-12(14)7-11/h2-8H,9H2,1H3,(H,15,16). The van der Waals surface area contributed by atoms with Gasteiger partial charge in [-0.15, -0.1) is 0 Å². The first-order valence-electron chi connectivity index (χ1n) is 5.15. The molecule has 0 aliphatic heterocycles. The molecule has 0 saturated carbocycles. The van der Waals surface area contributed by atoms with E-state index < -0.39 is 0 Å². The Balaban J connectivity index is 1.99. The highest BCUT2D eigenvalue weighted by Crippen LogP contribution is 2.13. The van der Waals surface area contributed by atoms with Crippen LogP contribution in [0.3, 0.4) is 0 Å². The van der Waals surface area contributed by atoms with E-state index in [2.05, 4.69) is 44.4 Å². The molecule has 1 N–H and O–H groups in total. The van der Waals surface area contributed by atoms with Crippen LogP contribution in [-0.4, -0.2) is 4.98 Å². The SMILES string of the molecule is Cc1ccc(NCc2cccc(Br)c2)nc1. The van der Waals surface area contributed by atoms with E-state index in [1.54, 1.807) is 0 Å². The molecule has 2 nitrogen and oxygen atoms in total. The van der Waals surface area contributed by atoms with E-state index in [0.717, 1.165) is 16.8 Å². The van der Waals surface area contributed by atoms with Gasteiger partial charge in [0.15, 0.2) is 0 Å². The fraction of sp³-hybridized carbons (Fsp3) is 0.154. The number of benzene rings is 1. The topological polar surface area (TPSA) is 24.9 Å². The number of hydrogen-bond donors (Lipinski definition) is 1. The zero-order chi connectivity index (χ0) is 11.4. The monoisotopic (exact) mass is 276 g/mol. The second-order valence-electron chi connectivity index (χ2n) is 3.70. The van der Waals surface area contributed by atoms with E-state index >= 15 is 0 Å². The smallest absolute Gasteiger partial charge is 0.126 e. The largest absolute Gasteiger partial charge is 0.366 e. The third-order valence-corrected chi connectivity index (χ3v) is 2.77. The number of aryl methyl sites for hydroxylation is 1. The van der Waals surface area contributed by atoms with Crippen LogP contribution in [0, 0.1) is 6.92 Å². The maximum absolute atomic E-state index is 4.29. The molecule has 0 fully saturated rings. The summed E-state index contributed by atoms with van der Waals surface area (Å²) in [5.41, 5.74) is 2.41. The van der Waals surface area contributed by atoms with E-state index in [9.17, 15) is 0 Å². The van der Waals surface area contributed by atoms with Crippen LogP contribution < -0.4 is 5.32 Å². The van der Waals surface area contributed by atoms with Gasteiger partial charge in [-0.25, -0.2) is 4.98 Å². The van der Waals surface area contributed by atoms with Crippen molar-refractivity contribution < 1.29 is 0 Å². The van der Waals surface area contributed by atoms with Gasteiger partial charge in [-0.05, 0) is 36.2 Å². The lowest BCUT2D eigenvalue weighted by atomic mass is 10.2. The molecule has 0 aliphatic rings. The molecular formula is C13H13BrN2. The van der Waals surface area contributed by atoms with Crippen LogP contribution in [0.25, 0.3) is 0 Å². The molecule has 2 aromatic rings. The molecule has 0 saturated heterocycles. The van der Waals surface area contributed by atoms with E-state index in [-0.39, 0.29) is 0 Å². The van der Waals surface area contributed by atoms with Crippen molar-refractivity contribution in [2.24, 2.45) is 0 Å². The van der Waals surface area contributed by atoms with Gasteiger partial charge in [0, 0.05) is 17.2 Å². The Hall–Kier alpha value is -1.35. The van der Waals surface area contributed by atoms with E-state index in [1.807, 2.05) is 31.3 Å². The first-order chi connectivity index (χ1) is 7.74. The van der Waals surface area contributed by atoms with Crippen LogP contribution in [0.4, 0.5) is 5.82 Å².